The molecule has 0 aliphatic heterocycles. The van der Waals surface area contributed by atoms with Crippen molar-refractivity contribution in [3.05, 3.63) is 0 Å². The van der Waals surface area contributed by atoms with E-state index < -0.39 is 35.8 Å². The van der Waals surface area contributed by atoms with Crippen molar-refractivity contribution in [2.24, 2.45) is 0 Å². The van der Waals surface area contributed by atoms with Crippen molar-refractivity contribution >= 4 is 134 Å². The molecule has 0 spiro atoms. The number of unbranched alkanes of at least 4 members (excludes halogenated alkanes) is 84. The zero-order valence-electron chi connectivity index (χ0n) is 83.9. The molecular weight excluding hydrogens is 1590 g/mol. The molecule has 0 aliphatic carbocycles. The number of carbonyl (C=O) groups excluding carboxylic acids is 6. The maximum absolute atomic E-state index is 10.2. The van der Waals surface area contributed by atoms with E-state index in [9.17, 15) is 59.4 Å². The van der Waals surface area contributed by atoms with Crippen LogP contribution in [-0.4, -0.2) is 134 Å². The number of hydrogen-bond donors (Lipinski definition) is 0. The van der Waals surface area contributed by atoms with Gasteiger partial charge in [-0.25, -0.2) is 0 Å². The Labute approximate surface area is 843 Å². The fraction of sp³-hybridized carbons (Fsp3) is 0.944. The minimum Gasteiger partial charge on any atom is -0.550 e. The van der Waals surface area contributed by atoms with E-state index in [1.165, 1.54) is 501 Å². The van der Waals surface area contributed by atoms with Gasteiger partial charge in [0.25, 0.3) is 0 Å². The number of hydrogen-bond acceptors (Lipinski definition) is 12. The molecule has 12 nitrogen and oxygen atoms in total. The summed E-state index contributed by atoms with van der Waals surface area (Å²) in [5.41, 5.74) is 0. The van der Waals surface area contributed by atoms with E-state index in [-0.39, 0.29) is 137 Å². The van der Waals surface area contributed by atoms with E-state index in [1.807, 2.05) is 0 Å². The van der Waals surface area contributed by atoms with Crippen molar-refractivity contribution in [1.29, 1.82) is 0 Å². The molecule has 0 saturated heterocycles. The van der Waals surface area contributed by atoms with Gasteiger partial charge in [-0.1, -0.05) is 581 Å². The second-order valence-corrected chi connectivity index (χ2v) is 36.4. The zero-order chi connectivity index (χ0) is 89.3. The molecule has 720 valence electrons. The number of carboxylic acid groups (broad SMARTS) is 6. The third-order valence-corrected chi connectivity index (χ3v) is 23.9. The van der Waals surface area contributed by atoms with E-state index in [0.29, 0.717) is 0 Å². The van der Waals surface area contributed by atoms with Crippen LogP contribution in [0, 0.1) is 0 Å². The maximum Gasteiger partial charge on any atom is 2.00 e. The van der Waals surface area contributed by atoms with Crippen molar-refractivity contribution in [1.82, 2.24) is 0 Å². The number of carbonyl (C=O) groups is 6. The van der Waals surface area contributed by atoms with Gasteiger partial charge in [0.1, 0.15) is 0 Å². The SMILES string of the molecule is CCCCCCCCCCCCCCCCCC(=O)[O-].CCCCCCCCCCCCCCCCCC(=O)[O-].CCCCCCCCCCCCCCCCCC(=O)[O-].CCCCCCCCCCCCCCCCCC(=O)[O-].CCCCCCCCCCCCCCCCCC(=O)[O-].CCCCCCCCCCCCCCCCCC(=O)[O-].[Ca+2].[Ca+2].[Mg+2]. The second-order valence-electron chi connectivity index (χ2n) is 36.4. The summed E-state index contributed by atoms with van der Waals surface area (Å²) in [6.45, 7) is 13.6. The second kappa shape index (κ2) is 138. The molecule has 0 saturated carbocycles. The summed E-state index contributed by atoms with van der Waals surface area (Å²) in [6.07, 6.45) is 119. The molecule has 0 amide bonds. The average Bonchev–Trinajstić information content (AvgIpc) is 1.20. The molecule has 123 heavy (non-hydrogen) atoms. The Balaban J connectivity index is -0.000000180. The Morgan fingerprint density at radius 1 is 0.114 bits per heavy atom. The monoisotopic (exact) mass is 1800 g/mol. The third-order valence-electron chi connectivity index (χ3n) is 23.9. The Kier molecular flexibility index (Phi) is 158. The number of carboxylic acids is 6. The molecule has 0 radical (unpaired) electrons. The van der Waals surface area contributed by atoms with Gasteiger partial charge < -0.3 is 59.4 Å². The van der Waals surface area contributed by atoms with Gasteiger partial charge in [-0.3, -0.25) is 0 Å². The fourth-order valence-electron chi connectivity index (χ4n) is 15.8. The van der Waals surface area contributed by atoms with Gasteiger partial charge in [-0.15, -0.1) is 0 Å². The molecule has 0 aliphatic rings. The van der Waals surface area contributed by atoms with Crippen LogP contribution in [0.3, 0.4) is 0 Å². The summed E-state index contributed by atoms with van der Waals surface area (Å²) in [5.74, 6) is -5.42. The molecular formula is C108H210Ca2MgO12. The van der Waals surface area contributed by atoms with E-state index in [0.717, 1.165) is 77.0 Å². The van der Waals surface area contributed by atoms with Crippen molar-refractivity contribution in [2.45, 2.75) is 658 Å². The summed E-state index contributed by atoms with van der Waals surface area (Å²) in [5, 5.41) is 61.3. The molecule has 0 unspecified atom stereocenters. The Hall–Kier alpha value is 0.106. The molecule has 0 aromatic carbocycles. The summed E-state index contributed by atoms with van der Waals surface area (Å²) < 4.78 is 0. The van der Waals surface area contributed by atoms with Crippen molar-refractivity contribution < 1.29 is 59.4 Å². The minimum atomic E-state index is -0.903. The van der Waals surface area contributed by atoms with E-state index in [2.05, 4.69) is 41.5 Å². The van der Waals surface area contributed by atoms with E-state index in [1.54, 1.807) is 0 Å². The van der Waals surface area contributed by atoms with Crippen LogP contribution < -0.4 is 30.6 Å². The molecule has 0 aromatic heterocycles. The summed E-state index contributed by atoms with van der Waals surface area (Å²) in [7, 11) is 0. The molecule has 0 aromatic rings. The summed E-state index contributed by atoms with van der Waals surface area (Å²) in [4.78, 5) is 61.3. The standard InChI is InChI=1S/6C18H36O2.2Ca.Mg/c6*1-2-3-4-5-6-7-8-9-10-11-12-13-14-15-16-17-18(19)20;;;/h6*2-17H2,1H3,(H,19,20);;;/q;;;;;;3*+2/p-6. The van der Waals surface area contributed by atoms with Gasteiger partial charge in [0.2, 0.25) is 0 Å². The topological polar surface area (TPSA) is 241 Å². The van der Waals surface area contributed by atoms with Crippen LogP contribution in [0.25, 0.3) is 0 Å². The quantitative estimate of drug-likeness (QED) is 0.0408. The van der Waals surface area contributed by atoms with Crippen LogP contribution in [0.2, 0.25) is 0 Å². The van der Waals surface area contributed by atoms with Crippen LogP contribution in [0.15, 0.2) is 0 Å². The van der Waals surface area contributed by atoms with Gasteiger partial charge in [-0.2, -0.15) is 0 Å². The van der Waals surface area contributed by atoms with Gasteiger partial charge in [-0.05, 0) is 77.0 Å². The molecule has 0 bridgehead atoms. The van der Waals surface area contributed by atoms with E-state index in [4.69, 9.17) is 0 Å². The van der Waals surface area contributed by atoms with Crippen molar-refractivity contribution in [3.8, 4) is 0 Å². The Morgan fingerprint density at radius 3 is 0.211 bits per heavy atom. The first-order chi connectivity index (χ1) is 58.6. The number of aliphatic carboxylic acids is 6. The normalized spacial score (nSPS) is 10.6. The fourth-order valence-corrected chi connectivity index (χ4v) is 15.8. The van der Waals surface area contributed by atoms with Crippen LogP contribution in [-0.2, 0) is 28.8 Å². The van der Waals surface area contributed by atoms with Crippen LogP contribution in [0.1, 0.15) is 658 Å². The van der Waals surface area contributed by atoms with Gasteiger partial charge in [0.05, 0.1) is 0 Å². The van der Waals surface area contributed by atoms with E-state index >= 15 is 0 Å². The third kappa shape index (κ3) is 169. The molecule has 15 heteroatoms. The smallest absolute Gasteiger partial charge is 0.550 e. The van der Waals surface area contributed by atoms with Crippen LogP contribution >= 0.6 is 0 Å². The molecule has 0 fully saturated rings. The maximum atomic E-state index is 10.2. The largest absolute Gasteiger partial charge is 2.00 e. The van der Waals surface area contributed by atoms with Gasteiger partial charge >= 0.3 is 98.5 Å². The summed E-state index contributed by atoms with van der Waals surface area (Å²) >= 11 is 0. The Bertz CT molecular complexity index is 1570. The first kappa shape index (κ1) is 141. The van der Waals surface area contributed by atoms with Gasteiger partial charge in [0, 0.05) is 35.8 Å². The van der Waals surface area contributed by atoms with Crippen molar-refractivity contribution in [3.63, 3.8) is 0 Å². The average molecular weight is 1810 g/mol. The van der Waals surface area contributed by atoms with Crippen LogP contribution in [0.4, 0.5) is 0 Å². The molecule has 0 heterocycles. The Morgan fingerprint density at radius 2 is 0.163 bits per heavy atom. The minimum absolute atomic E-state index is 0. The number of rotatable bonds is 96. The first-order valence-electron chi connectivity index (χ1n) is 53.8. The summed E-state index contributed by atoms with van der Waals surface area (Å²) in [6, 6.07) is 0. The molecule has 0 rings (SSSR count). The van der Waals surface area contributed by atoms with Crippen molar-refractivity contribution in [2.75, 3.05) is 0 Å². The molecule has 0 atom stereocenters. The molecule has 0 N–H and O–H groups in total. The predicted molar refractivity (Wildman–Crippen MR) is 525 cm³/mol. The predicted octanol–water partition coefficient (Wildman–Crippen LogP) is 28.8. The van der Waals surface area contributed by atoms with Crippen LogP contribution in [0.5, 0.6) is 0 Å². The first-order valence-corrected chi connectivity index (χ1v) is 53.8. The van der Waals surface area contributed by atoms with Gasteiger partial charge in [0.15, 0.2) is 0 Å². The zero-order valence-corrected chi connectivity index (χ0v) is 89.7.